The highest BCUT2D eigenvalue weighted by atomic mass is 35.5. The number of phenols is 1. The first kappa shape index (κ1) is 18.1. The van der Waals surface area contributed by atoms with Crippen LogP contribution in [0.5, 0.6) is 11.5 Å². The first-order valence-corrected chi connectivity index (χ1v) is 9.13. The number of benzene rings is 2. The first-order chi connectivity index (χ1) is 13.7. The highest BCUT2D eigenvalue weighted by molar-refractivity contribution is 6.32. The Balaban J connectivity index is 1.81. The largest absolute Gasteiger partial charge is 0.505 e. The number of anilines is 1. The van der Waals surface area contributed by atoms with Crippen molar-refractivity contribution in [3.05, 3.63) is 89.3 Å². The van der Waals surface area contributed by atoms with Gasteiger partial charge in [-0.25, -0.2) is 0 Å². The van der Waals surface area contributed by atoms with Crippen LogP contribution in [0, 0.1) is 0 Å². The van der Waals surface area contributed by atoms with E-state index in [1.54, 1.807) is 31.6 Å². The van der Waals surface area contributed by atoms with Crippen molar-refractivity contribution in [3.63, 3.8) is 0 Å². The molecular formula is C22H18ClN3O2. The van der Waals surface area contributed by atoms with Gasteiger partial charge in [-0.2, -0.15) is 0 Å². The lowest BCUT2D eigenvalue weighted by molar-refractivity contribution is 0.415. The maximum absolute atomic E-state index is 10.9. The van der Waals surface area contributed by atoms with Crippen molar-refractivity contribution in [2.24, 2.45) is 0 Å². The minimum atomic E-state index is -0.392. The van der Waals surface area contributed by atoms with Crippen LogP contribution in [-0.2, 0) is 0 Å². The molecule has 4 rings (SSSR count). The first-order valence-electron chi connectivity index (χ1n) is 8.75. The molecule has 0 aliphatic rings. The summed E-state index contributed by atoms with van der Waals surface area (Å²) in [5, 5.41) is 15.7. The zero-order chi connectivity index (χ0) is 19.5. The van der Waals surface area contributed by atoms with Crippen LogP contribution in [0.4, 0.5) is 5.69 Å². The van der Waals surface area contributed by atoms with Gasteiger partial charge in [-0.3, -0.25) is 9.97 Å². The summed E-state index contributed by atoms with van der Waals surface area (Å²) in [6.07, 6.45) is 3.39. The van der Waals surface area contributed by atoms with Gasteiger partial charge in [-0.05, 0) is 36.4 Å². The van der Waals surface area contributed by atoms with Crippen molar-refractivity contribution in [1.29, 1.82) is 0 Å². The fourth-order valence-electron chi connectivity index (χ4n) is 3.16. The molecule has 2 heterocycles. The van der Waals surface area contributed by atoms with Crippen LogP contribution >= 0.6 is 11.6 Å². The van der Waals surface area contributed by atoms with Crippen LogP contribution in [0.15, 0.2) is 73.1 Å². The zero-order valence-corrected chi connectivity index (χ0v) is 15.9. The zero-order valence-electron chi connectivity index (χ0n) is 15.1. The number of hydrogen-bond acceptors (Lipinski definition) is 5. The van der Waals surface area contributed by atoms with Gasteiger partial charge in [-0.1, -0.05) is 35.9 Å². The molecule has 28 heavy (non-hydrogen) atoms. The molecule has 4 aromatic rings. The molecule has 0 fully saturated rings. The number of aromatic hydroxyl groups is 1. The van der Waals surface area contributed by atoms with Gasteiger partial charge in [0.05, 0.1) is 23.9 Å². The van der Waals surface area contributed by atoms with Gasteiger partial charge < -0.3 is 15.2 Å². The van der Waals surface area contributed by atoms with Gasteiger partial charge in [0, 0.05) is 29.0 Å². The number of ether oxygens (including phenoxy) is 1. The van der Waals surface area contributed by atoms with Crippen molar-refractivity contribution in [1.82, 2.24) is 9.97 Å². The van der Waals surface area contributed by atoms with E-state index in [1.165, 1.54) is 0 Å². The molecule has 2 aromatic heterocycles. The topological polar surface area (TPSA) is 67.3 Å². The molecule has 2 N–H and O–H groups in total. The molecule has 5 nitrogen and oxygen atoms in total. The van der Waals surface area contributed by atoms with E-state index < -0.39 is 6.04 Å². The van der Waals surface area contributed by atoms with Crippen molar-refractivity contribution < 1.29 is 9.84 Å². The third-order valence-electron chi connectivity index (χ3n) is 4.54. The van der Waals surface area contributed by atoms with Gasteiger partial charge in [0.25, 0.3) is 0 Å². The Kier molecular flexibility index (Phi) is 5.00. The number of hydrogen-bond donors (Lipinski definition) is 2. The maximum Gasteiger partial charge on any atom is 0.147 e. The summed E-state index contributed by atoms with van der Waals surface area (Å²) >= 11 is 6.27. The van der Waals surface area contributed by atoms with Crippen LogP contribution in [0.25, 0.3) is 10.9 Å². The molecule has 0 radical (unpaired) electrons. The van der Waals surface area contributed by atoms with Crippen molar-refractivity contribution >= 4 is 28.2 Å². The minimum absolute atomic E-state index is 0.126. The fraction of sp³-hybridized carbons (Fsp3) is 0.0909. The number of nitrogens with zero attached hydrogens (tertiary/aromatic N) is 2. The second-order valence-electron chi connectivity index (χ2n) is 6.26. The average Bonchev–Trinajstić information content (AvgIpc) is 2.74. The number of phenolic OH excluding ortho intramolecular Hbond substituents is 1. The summed E-state index contributed by atoms with van der Waals surface area (Å²) in [7, 11) is 1.57. The smallest absolute Gasteiger partial charge is 0.147 e. The quantitative estimate of drug-likeness (QED) is 0.489. The van der Waals surface area contributed by atoms with E-state index >= 15 is 0 Å². The predicted octanol–water partition coefficient (Wildman–Crippen LogP) is 5.20. The van der Waals surface area contributed by atoms with Crippen molar-refractivity contribution in [3.8, 4) is 11.5 Å². The lowest BCUT2D eigenvalue weighted by Crippen LogP contribution is -2.14. The van der Waals surface area contributed by atoms with E-state index in [0.717, 1.165) is 16.8 Å². The Labute approximate surface area is 167 Å². The number of halogens is 1. The van der Waals surface area contributed by atoms with Gasteiger partial charge in [0.2, 0.25) is 0 Å². The molecule has 6 heteroatoms. The van der Waals surface area contributed by atoms with E-state index in [-0.39, 0.29) is 5.75 Å². The molecule has 2 aromatic carbocycles. The molecule has 0 unspecified atom stereocenters. The van der Waals surface area contributed by atoms with Crippen molar-refractivity contribution in [2.75, 3.05) is 12.4 Å². The molecular weight excluding hydrogens is 374 g/mol. The molecule has 0 aliphatic carbocycles. The van der Waals surface area contributed by atoms with Crippen LogP contribution in [-0.4, -0.2) is 22.2 Å². The lowest BCUT2D eigenvalue weighted by Gasteiger charge is -2.22. The normalized spacial score (nSPS) is 11.9. The van der Waals surface area contributed by atoms with E-state index in [9.17, 15) is 5.11 Å². The molecule has 0 bridgehead atoms. The second-order valence-corrected chi connectivity index (χ2v) is 6.67. The third-order valence-corrected chi connectivity index (χ3v) is 4.83. The molecule has 0 aliphatic heterocycles. The standard InChI is InChI=1S/C22H18ClN3O2/c1-28-19-10-8-15(13-17(19)23)26-21(18-6-2-3-11-24-18)16-9-7-14-5-4-12-25-20(14)22(16)27/h2-13,21,26-27H,1H3/t21-/m1/s1. The van der Waals surface area contributed by atoms with Crippen LogP contribution in [0.1, 0.15) is 17.3 Å². The Morgan fingerprint density at radius 3 is 2.61 bits per heavy atom. The van der Waals surface area contributed by atoms with Gasteiger partial charge in [0.1, 0.15) is 17.0 Å². The number of fused-ring (bicyclic) bond motifs is 1. The van der Waals surface area contributed by atoms with Gasteiger partial charge >= 0.3 is 0 Å². The second kappa shape index (κ2) is 7.74. The monoisotopic (exact) mass is 391 g/mol. The summed E-state index contributed by atoms with van der Waals surface area (Å²) in [4.78, 5) is 8.80. The number of aromatic nitrogens is 2. The fourth-order valence-corrected chi connectivity index (χ4v) is 3.42. The van der Waals surface area contributed by atoms with E-state index in [2.05, 4.69) is 15.3 Å². The summed E-state index contributed by atoms with van der Waals surface area (Å²) in [5.74, 6) is 0.722. The number of rotatable bonds is 5. The van der Waals surface area contributed by atoms with Gasteiger partial charge in [-0.15, -0.1) is 0 Å². The Bertz CT molecular complexity index is 1120. The van der Waals surface area contributed by atoms with E-state index in [0.29, 0.717) is 21.9 Å². The number of pyridine rings is 2. The lowest BCUT2D eigenvalue weighted by atomic mass is 9.99. The molecule has 0 saturated heterocycles. The van der Waals surface area contributed by atoms with Crippen LogP contribution in [0.3, 0.4) is 0 Å². The van der Waals surface area contributed by atoms with E-state index in [4.69, 9.17) is 16.3 Å². The average molecular weight is 392 g/mol. The van der Waals surface area contributed by atoms with Crippen LogP contribution < -0.4 is 10.1 Å². The van der Waals surface area contributed by atoms with Crippen molar-refractivity contribution in [2.45, 2.75) is 6.04 Å². The Morgan fingerprint density at radius 1 is 1.00 bits per heavy atom. The maximum atomic E-state index is 10.9. The highest BCUT2D eigenvalue weighted by Gasteiger charge is 2.21. The third kappa shape index (κ3) is 3.44. The molecule has 0 saturated carbocycles. The summed E-state index contributed by atoms with van der Waals surface area (Å²) in [5.41, 5.74) is 2.77. The predicted molar refractivity (Wildman–Crippen MR) is 111 cm³/mol. The number of nitrogens with one attached hydrogen (secondary N) is 1. The molecule has 1 atom stereocenters. The molecule has 0 amide bonds. The minimum Gasteiger partial charge on any atom is -0.505 e. The van der Waals surface area contributed by atoms with E-state index in [1.807, 2.05) is 48.5 Å². The Hall–Kier alpha value is -3.31. The highest BCUT2D eigenvalue weighted by Crippen LogP contribution is 2.37. The molecule has 140 valence electrons. The summed E-state index contributed by atoms with van der Waals surface area (Å²) in [6, 6.07) is 18.3. The Morgan fingerprint density at radius 2 is 1.86 bits per heavy atom. The number of methoxy groups -OCH3 is 1. The SMILES string of the molecule is COc1ccc(N[C@@H](c2ccccn2)c2ccc3cccnc3c2O)cc1Cl. The molecule has 0 spiro atoms. The van der Waals surface area contributed by atoms with Crippen LogP contribution in [0.2, 0.25) is 5.02 Å². The van der Waals surface area contributed by atoms with Gasteiger partial charge in [0.15, 0.2) is 0 Å². The summed E-state index contributed by atoms with van der Waals surface area (Å²) in [6.45, 7) is 0. The summed E-state index contributed by atoms with van der Waals surface area (Å²) < 4.78 is 5.22.